The SMILES string of the molecule is COCC1CCCN(C(=O)C(C)S)C1. The summed E-state index contributed by atoms with van der Waals surface area (Å²) in [5.74, 6) is 0.652. The normalized spacial score (nSPS) is 24.8. The minimum Gasteiger partial charge on any atom is -0.384 e. The minimum absolute atomic E-state index is 0.147. The van der Waals surface area contributed by atoms with Crippen LogP contribution in [-0.4, -0.2) is 42.9 Å². The molecule has 0 radical (unpaired) electrons. The van der Waals surface area contributed by atoms with Gasteiger partial charge in [0, 0.05) is 20.2 Å². The summed E-state index contributed by atoms with van der Waals surface area (Å²) in [6.07, 6.45) is 2.25. The van der Waals surface area contributed by atoms with E-state index in [2.05, 4.69) is 12.6 Å². The highest BCUT2D eigenvalue weighted by Gasteiger charge is 2.25. The maximum atomic E-state index is 11.7. The van der Waals surface area contributed by atoms with Crippen LogP contribution in [0.5, 0.6) is 0 Å². The predicted molar refractivity (Wildman–Crippen MR) is 59.6 cm³/mol. The van der Waals surface area contributed by atoms with Crippen LogP contribution in [0.3, 0.4) is 0 Å². The predicted octanol–water partition coefficient (Wildman–Crippen LogP) is 1.19. The number of thiol groups is 1. The molecule has 2 atom stereocenters. The van der Waals surface area contributed by atoms with Gasteiger partial charge in [-0.15, -0.1) is 0 Å². The summed E-state index contributed by atoms with van der Waals surface area (Å²) in [5.41, 5.74) is 0. The Morgan fingerprint density at radius 3 is 3.00 bits per heavy atom. The molecule has 0 saturated carbocycles. The molecule has 0 aromatic rings. The van der Waals surface area contributed by atoms with Crippen molar-refractivity contribution >= 4 is 18.5 Å². The Morgan fingerprint density at radius 2 is 2.43 bits per heavy atom. The van der Waals surface area contributed by atoms with E-state index in [1.165, 1.54) is 6.42 Å². The lowest BCUT2D eigenvalue weighted by Gasteiger charge is -2.33. The first kappa shape index (κ1) is 11.9. The molecule has 82 valence electrons. The van der Waals surface area contributed by atoms with Gasteiger partial charge in [-0.05, 0) is 25.7 Å². The van der Waals surface area contributed by atoms with E-state index >= 15 is 0 Å². The van der Waals surface area contributed by atoms with E-state index < -0.39 is 0 Å². The number of amides is 1. The highest BCUT2D eigenvalue weighted by molar-refractivity contribution is 7.81. The molecule has 1 amide bonds. The van der Waals surface area contributed by atoms with E-state index in [-0.39, 0.29) is 11.2 Å². The van der Waals surface area contributed by atoms with Gasteiger partial charge in [-0.1, -0.05) is 0 Å². The van der Waals surface area contributed by atoms with Crippen molar-refractivity contribution in [1.82, 2.24) is 4.90 Å². The summed E-state index contributed by atoms with van der Waals surface area (Å²) in [7, 11) is 1.71. The smallest absolute Gasteiger partial charge is 0.235 e. The largest absolute Gasteiger partial charge is 0.384 e. The van der Waals surface area contributed by atoms with E-state index in [0.717, 1.165) is 26.1 Å². The van der Waals surface area contributed by atoms with Crippen LogP contribution in [0.25, 0.3) is 0 Å². The molecule has 14 heavy (non-hydrogen) atoms. The van der Waals surface area contributed by atoms with Crippen molar-refractivity contribution in [1.29, 1.82) is 0 Å². The van der Waals surface area contributed by atoms with Crippen molar-refractivity contribution in [3.05, 3.63) is 0 Å². The maximum Gasteiger partial charge on any atom is 0.235 e. The number of carbonyl (C=O) groups excluding carboxylic acids is 1. The third-order valence-electron chi connectivity index (χ3n) is 2.59. The van der Waals surface area contributed by atoms with Gasteiger partial charge in [-0.25, -0.2) is 0 Å². The second-order valence-electron chi connectivity index (χ2n) is 3.92. The van der Waals surface area contributed by atoms with Crippen LogP contribution in [0, 0.1) is 5.92 Å². The van der Waals surface area contributed by atoms with Gasteiger partial charge in [0.2, 0.25) is 5.91 Å². The molecule has 3 nitrogen and oxygen atoms in total. The first-order chi connectivity index (χ1) is 6.65. The number of ether oxygens (including phenoxy) is 1. The third-order valence-corrected chi connectivity index (χ3v) is 2.81. The molecule has 0 spiro atoms. The lowest BCUT2D eigenvalue weighted by Crippen LogP contribution is -2.43. The summed E-state index contributed by atoms with van der Waals surface area (Å²) in [6.45, 7) is 4.29. The fourth-order valence-electron chi connectivity index (χ4n) is 1.90. The van der Waals surface area contributed by atoms with E-state index in [1.54, 1.807) is 7.11 Å². The summed E-state index contributed by atoms with van der Waals surface area (Å²) in [5, 5.41) is -0.184. The van der Waals surface area contributed by atoms with Crippen LogP contribution in [0.1, 0.15) is 19.8 Å². The molecule has 0 aliphatic carbocycles. The summed E-state index contributed by atoms with van der Waals surface area (Å²) in [4.78, 5) is 13.6. The number of carbonyl (C=O) groups is 1. The average molecular weight is 217 g/mol. The zero-order valence-electron chi connectivity index (χ0n) is 8.90. The molecule has 0 aromatic carbocycles. The Kier molecular flexibility index (Phi) is 4.75. The topological polar surface area (TPSA) is 29.5 Å². The number of methoxy groups -OCH3 is 1. The molecule has 1 saturated heterocycles. The maximum absolute atomic E-state index is 11.7. The quantitative estimate of drug-likeness (QED) is 0.720. The molecule has 1 fully saturated rings. The highest BCUT2D eigenvalue weighted by atomic mass is 32.1. The number of rotatable bonds is 3. The van der Waals surface area contributed by atoms with Gasteiger partial charge in [-0.3, -0.25) is 4.79 Å². The second kappa shape index (κ2) is 5.61. The van der Waals surface area contributed by atoms with Gasteiger partial charge in [0.05, 0.1) is 11.9 Å². The zero-order valence-corrected chi connectivity index (χ0v) is 9.80. The van der Waals surface area contributed by atoms with Gasteiger partial charge < -0.3 is 9.64 Å². The Balaban J connectivity index is 2.43. The molecule has 1 aliphatic rings. The molecule has 1 heterocycles. The van der Waals surface area contributed by atoms with Gasteiger partial charge in [0.15, 0.2) is 0 Å². The molecule has 0 bridgehead atoms. The number of hydrogen-bond acceptors (Lipinski definition) is 3. The van der Waals surface area contributed by atoms with Crippen LogP contribution in [0.15, 0.2) is 0 Å². The van der Waals surface area contributed by atoms with Gasteiger partial charge in [-0.2, -0.15) is 12.6 Å². The zero-order chi connectivity index (χ0) is 10.6. The van der Waals surface area contributed by atoms with Crippen LogP contribution >= 0.6 is 12.6 Å². The monoisotopic (exact) mass is 217 g/mol. The van der Waals surface area contributed by atoms with Gasteiger partial charge >= 0.3 is 0 Å². The van der Waals surface area contributed by atoms with Crippen molar-refractivity contribution in [2.75, 3.05) is 26.8 Å². The summed E-state index contributed by atoms with van der Waals surface area (Å²) < 4.78 is 5.11. The first-order valence-electron chi connectivity index (χ1n) is 5.11. The molecule has 4 heteroatoms. The number of nitrogens with zero attached hydrogens (tertiary/aromatic N) is 1. The summed E-state index contributed by atoms with van der Waals surface area (Å²) >= 11 is 4.16. The lowest BCUT2D eigenvalue weighted by molar-refractivity contribution is -0.132. The lowest BCUT2D eigenvalue weighted by atomic mass is 9.99. The van der Waals surface area contributed by atoms with Crippen molar-refractivity contribution in [2.45, 2.75) is 25.0 Å². The van der Waals surface area contributed by atoms with E-state index in [0.29, 0.717) is 5.92 Å². The molecular formula is C10H19NO2S. The van der Waals surface area contributed by atoms with Crippen LogP contribution in [-0.2, 0) is 9.53 Å². The number of likely N-dealkylation sites (tertiary alicyclic amines) is 1. The molecule has 1 rings (SSSR count). The van der Waals surface area contributed by atoms with Crippen molar-refractivity contribution in [3.63, 3.8) is 0 Å². The standard InChI is InChI=1S/C10H19NO2S/c1-8(14)10(12)11-5-3-4-9(6-11)7-13-2/h8-9,14H,3-7H2,1-2H3. The number of piperidine rings is 1. The van der Waals surface area contributed by atoms with Crippen LogP contribution in [0.4, 0.5) is 0 Å². The Bertz CT molecular complexity index is 195. The van der Waals surface area contributed by atoms with Gasteiger partial charge in [0.25, 0.3) is 0 Å². The van der Waals surface area contributed by atoms with Crippen molar-refractivity contribution in [3.8, 4) is 0 Å². The van der Waals surface area contributed by atoms with Crippen LogP contribution in [0.2, 0.25) is 0 Å². The average Bonchev–Trinajstić information content (AvgIpc) is 2.17. The Morgan fingerprint density at radius 1 is 1.71 bits per heavy atom. The van der Waals surface area contributed by atoms with E-state index in [4.69, 9.17) is 4.74 Å². The van der Waals surface area contributed by atoms with Crippen molar-refractivity contribution in [2.24, 2.45) is 5.92 Å². The molecule has 2 unspecified atom stereocenters. The third kappa shape index (κ3) is 3.17. The molecular weight excluding hydrogens is 198 g/mol. The first-order valence-corrected chi connectivity index (χ1v) is 5.62. The van der Waals surface area contributed by atoms with E-state index in [9.17, 15) is 4.79 Å². The Labute approximate surface area is 91.2 Å². The fraction of sp³-hybridized carbons (Fsp3) is 0.900. The fourth-order valence-corrected chi connectivity index (χ4v) is 2.06. The number of hydrogen-bond donors (Lipinski definition) is 1. The Hall–Kier alpha value is -0.220. The molecule has 0 N–H and O–H groups in total. The van der Waals surface area contributed by atoms with Crippen molar-refractivity contribution < 1.29 is 9.53 Å². The highest BCUT2D eigenvalue weighted by Crippen LogP contribution is 2.18. The van der Waals surface area contributed by atoms with E-state index in [1.807, 2.05) is 11.8 Å². The summed E-state index contributed by atoms with van der Waals surface area (Å²) in [6, 6.07) is 0. The van der Waals surface area contributed by atoms with Crippen LogP contribution < -0.4 is 0 Å². The molecule has 0 aromatic heterocycles. The minimum atomic E-state index is -0.184. The van der Waals surface area contributed by atoms with Gasteiger partial charge in [0.1, 0.15) is 0 Å². The second-order valence-corrected chi connectivity index (χ2v) is 4.70. The molecule has 1 aliphatic heterocycles.